The standard InChI is InChI=1S/C26H28N2O2S2/c1-29-25-19-11-5-7-13-21(19)27-17-23(25)31-15-9-3-4-10-16-32-24-18-28-22-14-8-6-12-20(22)26(24)30-2/h5-8,11-14,17-18H,3-4,9-10,15-16H2,1-2H3. The number of unbranched alkanes of at least 4 members (excludes halogenated alkanes) is 3. The highest BCUT2D eigenvalue weighted by Crippen LogP contribution is 2.36. The summed E-state index contributed by atoms with van der Waals surface area (Å²) in [6.45, 7) is 0. The van der Waals surface area contributed by atoms with Gasteiger partial charge in [0.05, 0.1) is 35.0 Å². The lowest BCUT2D eigenvalue weighted by atomic mass is 10.2. The Morgan fingerprint density at radius 1 is 0.625 bits per heavy atom. The van der Waals surface area contributed by atoms with Gasteiger partial charge in [0.15, 0.2) is 0 Å². The molecule has 166 valence electrons. The Hall–Kier alpha value is -2.44. The summed E-state index contributed by atoms with van der Waals surface area (Å²) < 4.78 is 11.4. The Labute approximate surface area is 198 Å². The molecule has 4 nitrogen and oxygen atoms in total. The minimum absolute atomic E-state index is 0.940. The lowest BCUT2D eigenvalue weighted by Crippen LogP contribution is -1.92. The molecule has 0 amide bonds. The maximum atomic E-state index is 5.68. The molecule has 2 heterocycles. The summed E-state index contributed by atoms with van der Waals surface area (Å²) in [5, 5.41) is 2.16. The van der Waals surface area contributed by atoms with Crippen molar-refractivity contribution in [1.82, 2.24) is 9.97 Å². The van der Waals surface area contributed by atoms with Gasteiger partial charge >= 0.3 is 0 Å². The van der Waals surface area contributed by atoms with Gasteiger partial charge in [0, 0.05) is 23.2 Å². The number of methoxy groups -OCH3 is 2. The molecule has 0 bridgehead atoms. The Morgan fingerprint density at radius 2 is 1.06 bits per heavy atom. The molecule has 0 spiro atoms. The lowest BCUT2D eigenvalue weighted by molar-refractivity contribution is 0.409. The Bertz CT molecular complexity index is 1090. The summed E-state index contributed by atoms with van der Waals surface area (Å²) in [5.74, 6) is 4.03. The minimum atomic E-state index is 0.940. The van der Waals surface area contributed by atoms with Crippen molar-refractivity contribution in [2.45, 2.75) is 35.5 Å². The molecule has 4 rings (SSSR count). The second-order valence-corrected chi connectivity index (χ2v) is 9.73. The first kappa shape index (κ1) is 22.7. The second kappa shape index (κ2) is 11.4. The van der Waals surface area contributed by atoms with Crippen LogP contribution in [0.3, 0.4) is 0 Å². The van der Waals surface area contributed by atoms with Gasteiger partial charge in [-0.2, -0.15) is 0 Å². The first-order valence-corrected chi connectivity index (χ1v) is 12.9. The van der Waals surface area contributed by atoms with Crippen LogP contribution in [-0.2, 0) is 0 Å². The Kier molecular flexibility index (Phi) is 8.13. The van der Waals surface area contributed by atoms with Crippen molar-refractivity contribution in [3.05, 3.63) is 60.9 Å². The van der Waals surface area contributed by atoms with Crippen molar-refractivity contribution in [2.24, 2.45) is 0 Å². The Balaban J connectivity index is 1.20. The molecular weight excluding hydrogens is 436 g/mol. The van der Waals surface area contributed by atoms with Crippen molar-refractivity contribution in [3.63, 3.8) is 0 Å². The van der Waals surface area contributed by atoms with Crippen LogP contribution in [0.1, 0.15) is 25.7 Å². The monoisotopic (exact) mass is 464 g/mol. The number of ether oxygens (including phenoxy) is 2. The van der Waals surface area contributed by atoms with E-state index in [1.165, 1.54) is 25.7 Å². The van der Waals surface area contributed by atoms with Crippen LogP contribution in [0.4, 0.5) is 0 Å². The van der Waals surface area contributed by atoms with E-state index in [2.05, 4.69) is 22.1 Å². The molecule has 2 aromatic heterocycles. The molecule has 0 aliphatic heterocycles. The van der Waals surface area contributed by atoms with E-state index in [0.29, 0.717) is 0 Å². The predicted octanol–water partition coefficient (Wildman–Crippen LogP) is 7.25. The van der Waals surface area contributed by atoms with E-state index in [1.807, 2.05) is 72.3 Å². The molecule has 0 atom stereocenters. The second-order valence-electron chi connectivity index (χ2n) is 7.46. The fraction of sp³-hybridized carbons (Fsp3) is 0.308. The van der Waals surface area contributed by atoms with Crippen molar-refractivity contribution < 1.29 is 9.47 Å². The maximum absolute atomic E-state index is 5.68. The number of para-hydroxylation sites is 2. The van der Waals surface area contributed by atoms with Crippen LogP contribution in [0.25, 0.3) is 21.8 Å². The molecule has 32 heavy (non-hydrogen) atoms. The van der Waals surface area contributed by atoms with Gasteiger partial charge in [-0.1, -0.05) is 37.1 Å². The van der Waals surface area contributed by atoms with Crippen molar-refractivity contribution >= 4 is 45.3 Å². The number of pyridine rings is 2. The summed E-state index contributed by atoms with van der Waals surface area (Å²) >= 11 is 3.67. The van der Waals surface area contributed by atoms with Crippen LogP contribution in [0.2, 0.25) is 0 Å². The maximum Gasteiger partial charge on any atom is 0.143 e. The molecule has 0 saturated carbocycles. The predicted molar refractivity (Wildman–Crippen MR) is 137 cm³/mol. The van der Waals surface area contributed by atoms with Gasteiger partial charge < -0.3 is 9.47 Å². The third kappa shape index (κ3) is 5.30. The lowest BCUT2D eigenvalue weighted by Gasteiger charge is -2.11. The molecule has 0 unspecified atom stereocenters. The van der Waals surface area contributed by atoms with Crippen LogP contribution in [-0.4, -0.2) is 35.7 Å². The van der Waals surface area contributed by atoms with Gasteiger partial charge in [-0.25, -0.2) is 0 Å². The first-order valence-electron chi connectivity index (χ1n) is 10.9. The molecule has 0 aliphatic rings. The summed E-state index contributed by atoms with van der Waals surface area (Å²) in [5.41, 5.74) is 1.95. The third-order valence-electron chi connectivity index (χ3n) is 5.35. The molecule has 0 saturated heterocycles. The van der Waals surface area contributed by atoms with Crippen LogP contribution >= 0.6 is 23.5 Å². The summed E-state index contributed by atoms with van der Waals surface area (Å²) in [4.78, 5) is 11.4. The van der Waals surface area contributed by atoms with Crippen LogP contribution in [0.15, 0.2) is 70.7 Å². The number of benzene rings is 2. The summed E-state index contributed by atoms with van der Waals surface area (Å²) in [7, 11) is 3.48. The van der Waals surface area contributed by atoms with Crippen LogP contribution < -0.4 is 9.47 Å². The normalized spacial score (nSPS) is 11.2. The van der Waals surface area contributed by atoms with Crippen molar-refractivity contribution in [2.75, 3.05) is 25.7 Å². The van der Waals surface area contributed by atoms with E-state index in [4.69, 9.17) is 9.47 Å². The first-order chi connectivity index (χ1) is 15.8. The largest absolute Gasteiger partial charge is 0.495 e. The number of rotatable bonds is 11. The van der Waals surface area contributed by atoms with E-state index in [9.17, 15) is 0 Å². The highest BCUT2D eigenvalue weighted by molar-refractivity contribution is 7.99. The number of fused-ring (bicyclic) bond motifs is 2. The van der Waals surface area contributed by atoms with Gasteiger partial charge in [-0.15, -0.1) is 23.5 Å². The Morgan fingerprint density at radius 3 is 1.50 bits per heavy atom. The van der Waals surface area contributed by atoms with Gasteiger partial charge in [0.25, 0.3) is 0 Å². The van der Waals surface area contributed by atoms with Crippen molar-refractivity contribution in [3.8, 4) is 11.5 Å². The molecule has 2 aromatic carbocycles. The van der Waals surface area contributed by atoms with E-state index >= 15 is 0 Å². The fourth-order valence-electron chi connectivity index (χ4n) is 3.74. The SMILES string of the molecule is COc1c(SCCCCCCSc2cnc3ccccc3c2OC)cnc2ccccc12. The highest BCUT2D eigenvalue weighted by atomic mass is 32.2. The summed E-state index contributed by atoms with van der Waals surface area (Å²) in [6.07, 6.45) is 8.70. The van der Waals surface area contributed by atoms with Gasteiger partial charge in [-0.05, 0) is 48.6 Å². The molecule has 0 radical (unpaired) electrons. The smallest absolute Gasteiger partial charge is 0.143 e. The van der Waals surface area contributed by atoms with Crippen LogP contribution in [0, 0.1) is 0 Å². The third-order valence-corrected chi connectivity index (χ3v) is 7.54. The molecule has 4 aromatic rings. The number of nitrogens with zero attached hydrogens (tertiary/aromatic N) is 2. The average molecular weight is 465 g/mol. The van der Waals surface area contributed by atoms with Gasteiger partial charge in [0.1, 0.15) is 11.5 Å². The van der Waals surface area contributed by atoms with E-state index in [0.717, 1.165) is 54.6 Å². The quantitative estimate of drug-likeness (QED) is 0.172. The average Bonchev–Trinajstić information content (AvgIpc) is 2.85. The highest BCUT2D eigenvalue weighted by Gasteiger charge is 2.11. The molecule has 0 aliphatic carbocycles. The number of hydrogen-bond donors (Lipinski definition) is 0. The summed E-state index contributed by atoms with van der Waals surface area (Å²) in [6, 6.07) is 16.3. The van der Waals surface area contributed by atoms with E-state index in [-0.39, 0.29) is 0 Å². The van der Waals surface area contributed by atoms with E-state index < -0.39 is 0 Å². The van der Waals surface area contributed by atoms with Gasteiger partial charge in [-0.3, -0.25) is 9.97 Å². The molecule has 0 fully saturated rings. The molecule has 6 heteroatoms. The zero-order valence-corrected chi connectivity index (χ0v) is 20.2. The topological polar surface area (TPSA) is 44.2 Å². The number of thioether (sulfide) groups is 2. The number of hydrogen-bond acceptors (Lipinski definition) is 6. The van der Waals surface area contributed by atoms with Crippen LogP contribution in [0.5, 0.6) is 11.5 Å². The fourth-order valence-corrected chi connectivity index (χ4v) is 5.78. The molecule has 0 N–H and O–H groups in total. The zero-order chi connectivity index (χ0) is 22.2. The van der Waals surface area contributed by atoms with Crippen molar-refractivity contribution in [1.29, 1.82) is 0 Å². The molecular formula is C26H28N2O2S2. The number of aromatic nitrogens is 2. The zero-order valence-electron chi connectivity index (χ0n) is 18.5. The minimum Gasteiger partial charge on any atom is -0.495 e. The van der Waals surface area contributed by atoms with Gasteiger partial charge in [0.2, 0.25) is 0 Å². The van der Waals surface area contributed by atoms with E-state index in [1.54, 1.807) is 14.2 Å².